The molecule has 0 aromatic heterocycles. The van der Waals surface area contributed by atoms with Gasteiger partial charge in [-0.05, 0) is 39.0 Å². The Bertz CT molecular complexity index is 508. The molecule has 0 aliphatic carbocycles. The molecule has 0 aliphatic heterocycles. The van der Waals surface area contributed by atoms with Crippen molar-refractivity contribution in [3.8, 4) is 0 Å². The number of carbonyl (C=O) groups is 2. The molecule has 4 heteroatoms. The van der Waals surface area contributed by atoms with Crippen LogP contribution in [0.25, 0.3) is 0 Å². The average molecular weight is 524 g/mol. The highest BCUT2D eigenvalue weighted by molar-refractivity contribution is 5.84. The number of carbonyl (C=O) groups excluding carboxylic acids is 2. The first-order chi connectivity index (χ1) is 18.0. The van der Waals surface area contributed by atoms with Crippen LogP contribution in [0, 0.1) is 0 Å². The van der Waals surface area contributed by atoms with Gasteiger partial charge in [0.05, 0.1) is 0 Å². The van der Waals surface area contributed by atoms with Crippen molar-refractivity contribution in [3.63, 3.8) is 0 Å². The van der Waals surface area contributed by atoms with Crippen molar-refractivity contribution >= 4 is 11.9 Å². The zero-order valence-electron chi connectivity index (χ0n) is 25.6. The van der Waals surface area contributed by atoms with E-state index in [0.717, 1.165) is 38.5 Å². The second kappa shape index (κ2) is 28.0. The Morgan fingerprint density at radius 1 is 0.541 bits per heavy atom. The predicted molar refractivity (Wildman–Crippen MR) is 160 cm³/mol. The third kappa shape index (κ3) is 25.0. The Morgan fingerprint density at radius 2 is 0.892 bits per heavy atom. The van der Waals surface area contributed by atoms with Crippen molar-refractivity contribution in [2.75, 3.05) is 0 Å². The summed E-state index contributed by atoms with van der Waals surface area (Å²) >= 11 is 0. The van der Waals surface area contributed by atoms with E-state index in [1.165, 1.54) is 116 Å². The van der Waals surface area contributed by atoms with E-state index >= 15 is 0 Å². The number of nitrogens with one attached hydrogen (secondary N) is 1. The average Bonchev–Trinajstić information content (AvgIpc) is 2.88. The fourth-order valence-corrected chi connectivity index (χ4v) is 4.98. The van der Waals surface area contributed by atoms with Crippen molar-refractivity contribution < 1.29 is 14.3 Å². The Hall–Kier alpha value is -1.06. The Labute approximate surface area is 231 Å². The smallest absolute Gasteiger partial charge is 0.328 e. The van der Waals surface area contributed by atoms with E-state index in [2.05, 4.69) is 26.1 Å². The first-order valence-electron chi connectivity index (χ1n) is 16.5. The summed E-state index contributed by atoms with van der Waals surface area (Å²) in [5, 5.41) is 2.88. The highest BCUT2D eigenvalue weighted by Crippen LogP contribution is 2.17. The summed E-state index contributed by atoms with van der Waals surface area (Å²) in [7, 11) is 0. The van der Waals surface area contributed by atoms with Gasteiger partial charge >= 0.3 is 5.97 Å². The fourth-order valence-electron chi connectivity index (χ4n) is 4.98. The highest BCUT2D eigenvalue weighted by Gasteiger charge is 2.21. The lowest BCUT2D eigenvalue weighted by molar-refractivity contribution is -0.153. The third-order valence-electron chi connectivity index (χ3n) is 7.53. The van der Waals surface area contributed by atoms with Gasteiger partial charge in [0.25, 0.3) is 0 Å². The summed E-state index contributed by atoms with van der Waals surface area (Å²) in [4.78, 5) is 25.1. The Morgan fingerprint density at radius 3 is 1.32 bits per heavy atom. The van der Waals surface area contributed by atoms with Gasteiger partial charge in [0, 0.05) is 6.42 Å². The summed E-state index contributed by atoms with van der Waals surface area (Å²) < 4.78 is 5.90. The number of esters is 1. The molecule has 37 heavy (non-hydrogen) atoms. The van der Waals surface area contributed by atoms with Crippen LogP contribution >= 0.6 is 0 Å². The first-order valence-corrected chi connectivity index (χ1v) is 16.5. The SMILES string of the molecule is CCCCCCCCCCCCCC(=O)NC(C)C(=O)OC(CCCCCC)CCCCCCCCC. The summed E-state index contributed by atoms with van der Waals surface area (Å²) in [5.74, 6) is -0.289. The zero-order chi connectivity index (χ0) is 27.4. The van der Waals surface area contributed by atoms with Gasteiger partial charge in [0.2, 0.25) is 5.91 Å². The number of unbranched alkanes of at least 4 members (excludes halogenated alkanes) is 19. The van der Waals surface area contributed by atoms with Gasteiger partial charge in [0.15, 0.2) is 0 Å². The zero-order valence-corrected chi connectivity index (χ0v) is 25.6. The van der Waals surface area contributed by atoms with Gasteiger partial charge in [-0.25, -0.2) is 4.79 Å². The Kier molecular flexibility index (Phi) is 27.2. The lowest BCUT2D eigenvalue weighted by Gasteiger charge is -2.21. The number of hydrogen-bond donors (Lipinski definition) is 1. The molecular weight excluding hydrogens is 458 g/mol. The molecule has 2 atom stereocenters. The van der Waals surface area contributed by atoms with Crippen molar-refractivity contribution in [1.29, 1.82) is 0 Å². The van der Waals surface area contributed by atoms with E-state index in [4.69, 9.17) is 4.74 Å². The van der Waals surface area contributed by atoms with Gasteiger partial charge in [-0.3, -0.25) is 4.79 Å². The van der Waals surface area contributed by atoms with Crippen molar-refractivity contribution in [2.45, 2.75) is 200 Å². The minimum Gasteiger partial charge on any atom is -0.461 e. The quantitative estimate of drug-likeness (QED) is 0.0819. The van der Waals surface area contributed by atoms with Crippen LogP contribution in [0.1, 0.15) is 188 Å². The second-order valence-corrected chi connectivity index (χ2v) is 11.4. The molecule has 0 spiro atoms. The van der Waals surface area contributed by atoms with Crippen LogP contribution in [-0.4, -0.2) is 24.0 Å². The number of rotatable bonds is 28. The molecule has 0 heterocycles. The third-order valence-corrected chi connectivity index (χ3v) is 7.53. The molecule has 1 N–H and O–H groups in total. The van der Waals surface area contributed by atoms with Crippen LogP contribution in [-0.2, 0) is 14.3 Å². The lowest BCUT2D eigenvalue weighted by atomic mass is 10.0. The maximum absolute atomic E-state index is 12.7. The number of amides is 1. The molecule has 0 aliphatic rings. The van der Waals surface area contributed by atoms with Crippen LogP contribution in [0.3, 0.4) is 0 Å². The molecule has 2 unspecified atom stereocenters. The first kappa shape index (κ1) is 35.9. The maximum atomic E-state index is 12.7. The van der Waals surface area contributed by atoms with E-state index < -0.39 is 6.04 Å². The molecule has 0 bridgehead atoms. The molecule has 0 radical (unpaired) electrons. The minimum atomic E-state index is -0.563. The molecule has 0 rings (SSSR count). The molecule has 1 amide bonds. The molecular formula is C33H65NO3. The van der Waals surface area contributed by atoms with E-state index in [9.17, 15) is 9.59 Å². The van der Waals surface area contributed by atoms with Gasteiger partial charge < -0.3 is 10.1 Å². The second-order valence-electron chi connectivity index (χ2n) is 11.4. The Balaban J connectivity index is 4.08. The normalized spacial score (nSPS) is 12.9. The molecule has 0 aromatic rings. The van der Waals surface area contributed by atoms with E-state index in [1.807, 2.05) is 0 Å². The van der Waals surface area contributed by atoms with Crippen molar-refractivity contribution in [1.82, 2.24) is 5.32 Å². The maximum Gasteiger partial charge on any atom is 0.328 e. The van der Waals surface area contributed by atoms with Gasteiger partial charge in [0.1, 0.15) is 12.1 Å². The monoisotopic (exact) mass is 523 g/mol. The van der Waals surface area contributed by atoms with E-state index in [-0.39, 0.29) is 18.0 Å². The van der Waals surface area contributed by atoms with Crippen LogP contribution in [0.2, 0.25) is 0 Å². The van der Waals surface area contributed by atoms with Gasteiger partial charge in [-0.1, -0.05) is 143 Å². The highest BCUT2D eigenvalue weighted by atomic mass is 16.5. The fraction of sp³-hybridized carbons (Fsp3) is 0.939. The summed E-state index contributed by atoms with van der Waals surface area (Å²) in [6.45, 7) is 8.50. The predicted octanol–water partition coefficient (Wildman–Crippen LogP) is 10.2. The number of ether oxygens (including phenoxy) is 1. The van der Waals surface area contributed by atoms with E-state index in [0.29, 0.717) is 6.42 Å². The van der Waals surface area contributed by atoms with Crippen LogP contribution in [0.5, 0.6) is 0 Å². The van der Waals surface area contributed by atoms with E-state index in [1.54, 1.807) is 6.92 Å². The standard InChI is InChI=1S/C33H65NO3/c1-5-8-11-14-16-17-18-19-21-23-26-29-32(35)34-30(4)33(36)37-31(27-24-13-10-7-3)28-25-22-20-15-12-9-6-2/h30-31H,5-29H2,1-4H3,(H,34,35). The molecule has 4 nitrogen and oxygen atoms in total. The molecule has 0 saturated heterocycles. The molecule has 0 saturated carbocycles. The molecule has 220 valence electrons. The van der Waals surface area contributed by atoms with Crippen LogP contribution in [0.4, 0.5) is 0 Å². The summed E-state index contributed by atoms with van der Waals surface area (Å²) in [6, 6.07) is -0.563. The topological polar surface area (TPSA) is 55.4 Å². The molecule has 0 fully saturated rings. The number of hydrogen-bond acceptors (Lipinski definition) is 3. The van der Waals surface area contributed by atoms with Gasteiger partial charge in [-0.2, -0.15) is 0 Å². The summed E-state index contributed by atoms with van der Waals surface area (Å²) in [5.41, 5.74) is 0. The minimum absolute atomic E-state index is 0.00834. The van der Waals surface area contributed by atoms with Crippen molar-refractivity contribution in [2.24, 2.45) is 0 Å². The summed E-state index contributed by atoms with van der Waals surface area (Å²) in [6.07, 6.45) is 30.0. The van der Waals surface area contributed by atoms with Crippen LogP contribution in [0.15, 0.2) is 0 Å². The lowest BCUT2D eigenvalue weighted by Crippen LogP contribution is -2.40. The van der Waals surface area contributed by atoms with Crippen LogP contribution < -0.4 is 5.32 Å². The van der Waals surface area contributed by atoms with Crippen molar-refractivity contribution in [3.05, 3.63) is 0 Å². The largest absolute Gasteiger partial charge is 0.461 e. The molecule has 0 aromatic carbocycles. The van der Waals surface area contributed by atoms with Gasteiger partial charge in [-0.15, -0.1) is 0 Å².